The third-order valence-corrected chi connectivity index (χ3v) is 2.15. The fourth-order valence-corrected chi connectivity index (χ4v) is 1.38. The molecule has 0 aromatic carbocycles. The van der Waals surface area contributed by atoms with Gasteiger partial charge in [-0.1, -0.05) is 0 Å². The summed E-state index contributed by atoms with van der Waals surface area (Å²) in [7, 11) is 1.69. The third-order valence-electron chi connectivity index (χ3n) is 2.15. The van der Waals surface area contributed by atoms with Crippen LogP contribution in [0.4, 0.5) is 0 Å². The first-order valence-corrected chi connectivity index (χ1v) is 4.73. The van der Waals surface area contributed by atoms with E-state index in [1.807, 2.05) is 0 Å². The lowest BCUT2D eigenvalue weighted by Gasteiger charge is -2.29. The molecule has 4 nitrogen and oxygen atoms in total. The molecule has 0 spiro atoms. The number of amidine groups is 1. The van der Waals surface area contributed by atoms with Gasteiger partial charge < -0.3 is 14.4 Å². The molecule has 1 aliphatic rings. The highest BCUT2D eigenvalue weighted by atomic mass is 16.5. The van der Waals surface area contributed by atoms with Crippen molar-refractivity contribution in [1.82, 2.24) is 4.90 Å². The molecule has 0 bridgehead atoms. The van der Waals surface area contributed by atoms with Gasteiger partial charge in [0.1, 0.15) is 0 Å². The Morgan fingerprint density at radius 2 is 2.15 bits per heavy atom. The molecule has 1 N–H and O–H groups in total. The van der Waals surface area contributed by atoms with Gasteiger partial charge in [-0.05, 0) is 6.42 Å². The van der Waals surface area contributed by atoms with Gasteiger partial charge in [0, 0.05) is 33.2 Å². The van der Waals surface area contributed by atoms with Crippen LogP contribution in [0.25, 0.3) is 0 Å². The smallest absolute Gasteiger partial charge is 0.0960 e. The van der Waals surface area contributed by atoms with Crippen molar-refractivity contribution in [3.63, 3.8) is 0 Å². The zero-order valence-electron chi connectivity index (χ0n) is 8.21. The maximum absolute atomic E-state index is 7.78. The standard InChI is InChI=1S/C9H18N2O2/c1-12-6-2-3-9(10)11-4-7-13-8-5-11/h10H,2-8H2,1H3. The van der Waals surface area contributed by atoms with E-state index in [0.717, 1.165) is 51.6 Å². The average molecular weight is 186 g/mol. The van der Waals surface area contributed by atoms with Gasteiger partial charge in [-0.25, -0.2) is 0 Å². The van der Waals surface area contributed by atoms with E-state index in [1.54, 1.807) is 7.11 Å². The van der Waals surface area contributed by atoms with Gasteiger partial charge in [0.2, 0.25) is 0 Å². The van der Waals surface area contributed by atoms with Crippen LogP contribution in [0, 0.1) is 5.41 Å². The van der Waals surface area contributed by atoms with Gasteiger partial charge in [0.25, 0.3) is 0 Å². The lowest BCUT2D eigenvalue weighted by atomic mass is 10.2. The average Bonchev–Trinajstić information content (AvgIpc) is 2.19. The van der Waals surface area contributed by atoms with Crippen molar-refractivity contribution in [2.45, 2.75) is 12.8 Å². The van der Waals surface area contributed by atoms with E-state index >= 15 is 0 Å². The summed E-state index contributed by atoms with van der Waals surface area (Å²) in [4.78, 5) is 2.08. The molecule has 0 unspecified atom stereocenters. The second-order valence-corrected chi connectivity index (χ2v) is 3.14. The monoisotopic (exact) mass is 186 g/mol. The molecule has 0 aromatic rings. The van der Waals surface area contributed by atoms with Gasteiger partial charge in [-0.3, -0.25) is 5.41 Å². The first-order chi connectivity index (χ1) is 6.34. The van der Waals surface area contributed by atoms with E-state index in [4.69, 9.17) is 14.9 Å². The van der Waals surface area contributed by atoms with Crippen LogP contribution in [0.2, 0.25) is 0 Å². The molecule has 1 aliphatic heterocycles. The van der Waals surface area contributed by atoms with Crippen LogP contribution in [0.1, 0.15) is 12.8 Å². The molecule has 0 radical (unpaired) electrons. The minimum atomic E-state index is 0.723. The quantitative estimate of drug-likeness (QED) is 0.400. The normalized spacial score (nSPS) is 17.5. The molecule has 1 heterocycles. The van der Waals surface area contributed by atoms with E-state index in [2.05, 4.69) is 4.90 Å². The third kappa shape index (κ3) is 3.74. The van der Waals surface area contributed by atoms with Crippen LogP contribution in [-0.2, 0) is 9.47 Å². The first-order valence-electron chi connectivity index (χ1n) is 4.73. The summed E-state index contributed by atoms with van der Waals surface area (Å²) >= 11 is 0. The Morgan fingerprint density at radius 1 is 1.46 bits per heavy atom. The Bertz CT molecular complexity index is 156. The summed E-state index contributed by atoms with van der Waals surface area (Å²) in [6.07, 6.45) is 1.75. The SMILES string of the molecule is COCCCC(=N)N1CCOCC1. The van der Waals surface area contributed by atoms with E-state index < -0.39 is 0 Å². The molecular formula is C9H18N2O2. The lowest BCUT2D eigenvalue weighted by Crippen LogP contribution is -2.40. The number of nitrogens with one attached hydrogen (secondary N) is 1. The van der Waals surface area contributed by atoms with Crippen LogP contribution in [0.15, 0.2) is 0 Å². The molecule has 76 valence electrons. The fourth-order valence-electron chi connectivity index (χ4n) is 1.38. The zero-order chi connectivity index (χ0) is 9.52. The summed E-state index contributed by atoms with van der Waals surface area (Å²) in [5.41, 5.74) is 0. The van der Waals surface area contributed by atoms with Crippen LogP contribution in [-0.4, -0.2) is 50.8 Å². The van der Waals surface area contributed by atoms with Gasteiger partial charge in [0.05, 0.1) is 19.0 Å². The number of morpholine rings is 1. The minimum Gasteiger partial charge on any atom is -0.385 e. The van der Waals surface area contributed by atoms with Gasteiger partial charge in [0.15, 0.2) is 0 Å². The number of hydrogen-bond acceptors (Lipinski definition) is 3. The van der Waals surface area contributed by atoms with Crippen molar-refractivity contribution in [1.29, 1.82) is 5.41 Å². The second kappa shape index (κ2) is 5.94. The Kier molecular flexibility index (Phi) is 4.78. The van der Waals surface area contributed by atoms with Crippen LogP contribution >= 0.6 is 0 Å². The molecule has 0 amide bonds. The zero-order valence-corrected chi connectivity index (χ0v) is 8.21. The maximum atomic E-state index is 7.78. The number of rotatable bonds is 4. The van der Waals surface area contributed by atoms with Crippen LogP contribution in [0.3, 0.4) is 0 Å². The molecular weight excluding hydrogens is 168 g/mol. The fraction of sp³-hybridized carbons (Fsp3) is 0.889. The summed E-state index contributed by atoms with van der Waals surface area (Å²) < 4.78 is 10.2. The Labute approximate surface area is 79.3 Å². The molecule has 0 saturated carbocycles. The predicted molar refractivity (Wildman–Crippen MR) is 51.2 cm³/mol. The van der Waals surface area contributed by atoms with Gasteiger partial charge in [-0.15, -0.1) is 0 Å². The van der Waals surface area contributed by atoms with Crippen molar-refractivity contribution in [2.24, 2.45) is 0 Å². The minimum absolute atomic E-state index is 0.723. The summed E-state index contributed by atoms with van der Waals surface area (Å²) in [5.74, 6) is 0.723. The van der Waals surface area contributed by atoms with E-state index in [-0.39, 0.29) is 0 Å². The number of methoxy groups -OCH3 is 1. The van der Waals surface area contributed by atoms with Crippen molar-refractivity contribution in [3.05, 3.63) is 0 Å². The topological polar surface area (TPSA) is 45.5 Å². The maximum Gasteiger partial charge on any atom is 0.0960 e. The molecule has 13 heavy (non-hydrogen) atoms. The summed E-state index contributed by atoms with van der Waals surface area (Å²) in [6.45, 7) is 3.99. The molecule has 1 rings (SSSR count). The highest BCUT2D eigenvalue weighted by Crippen LogP contribution is 2.02. The van der Waals surface area contributed by atoms with Crippen LogP contribution in [0.5, 0.6) is 0 Å². The van der Waals surface area contributed by atoms with Gasteiger partial charge >= 0.3 is 0 Å². The number of ether oxygens (including phenoxy) is 2. The number of hydrogen-bond donors (Lipinski definition) is 1. The summed E-state index contributed by atoms with van der Waals surface area (Å²) in [5, 5.41) is 7.78. The molecule has 1 fully saturated rings. The van der Waals surface area contributed by atoms with Crippen molar-refractivity contribution in [2.75, 3.05) is 40.0 Å². The van der Waals surface area contributed by atoms with Crippen LogP contribution < -0.4 is 0 Å². The molecule has 4 heteroatoms. The molecule has 1 saturated heterocycles. The highest BCUT2D eigenvalue weighted by Gasteiger charge is 2.12. The lowest BCUT2D eigenvalue weighted by molar-refractivity contribution is 0.0665. The molecule has 0 aromatic heterocycles. The molecule has 0 aliphatic carbocycles. The molecule has 0 atom stereocenters. The van der Waals surface area contributed by atoms with E-state index in [9.17, 15) is 0 Å². The Balaban J connectivity index is 2.13. The van der Waals surface area contributed by atoms with Gasteiger partial charge in [-0.2, -0.15) is 0 Å². The predicted octanol–water partition coefficient (Wildman–Crippen LogP) is 0.722. The summed E-state index contributed by atoms with van der Waals surface area (Å²) in [6, 6.07) is 0. The van der Waals surface area contributed by atoms with Crippen molar-refractivity contribution in [3.8, 4) is 0 Å². The second-order valence-electron chi connectivity index (χ2n) is 3.14. The largest absolute Gasteiger partial charge is 0.385 e. The van der Waals surface area contributed by atoms with Crippen molar-refractivity contribution < 1.29 is 9.47 Å². The van der Waals surface area contributed by atoms with E-state index in [0.29, 0.717) is 0 Å². The Hall–Kier alpha value is -0.610. The van der Waals surface area contributed by atoms with Crippen molar-refractivity contribution >= 4 is 5.84 Å². The first kappa shape index (κ1) is 10.5. The van der Waals surface area contributed by atoms with E-state index in [1.165, 1.54) is 0 Å². The highest BCUT2D eigenvalue weighted by molar-refractivity contribution is 5.79. The Morgan fingerprint density at radius 3 is 2.77 bits per heavy atom. The number of nitrogens with zero attached hydrogens (tertiary/aromatic N) is 1.